The van der Waals surface area contributed by atoms with Crippen LogP contribution in [0.4, 0.5) is 0 Å². The third-order valence-corrected chi connectivity index (χ3v) is 6.54. The first-order valence-electron chi connectivity index (χ1n) is 8.94. The Balaban J connectivity index is 2.02. The van der Waals surface area contributed by atoms with Gasteiger partial charge in [0.25, 0.3) is 0 Å². The minimum Gasteiger partial charge on any atom is -0.497 e. The molecule has 0 saturated carbocycles. The molecule has 0 unspecified atom stereocenters. The number of rotatable bonds is 8. The summed E-state index contributed by atoms with van der Waals surface area (Å²) in [5.41, 5.74) is 0. The summed E-state index contributed by atoms with van der Waals surface area (Å²) >= 11 is 0. The molecule has 1 N–H and O–H groups in total. The summed E-state index contributed by atoms with van der Waals surface area (Å²) in [6.45, 7) is 2.41. The van der Waals surface area contributed by atoms with Crippen molar-refractivity contribution in [2.24, 2.45) is 5.92 Å². The number of methoxy groups -OCH3 is 1. The second-order valence-corrected chi connectivity index (χ2v) is 8.45. The summed E-state index contributed by atoms with van der Waals surface area (Å²) in [4.78, 5) is 25.1. The fourth-order valence-corrected chi connectivity index (χ4v) is 4.67. The molecule has 1 fully saturated rings. The van der Waals surface area contributed by atoms with E-state index in [-0.39, 0.29) is 36.4 Å². The van der Waals surface area contributed by atoms with Gasteiger partial charge in [-0.15, -0.1) is 0 Å². The highest BCUT2D eigenvalue weighted by Crippen LogP contribution is 2.26. The molecule has 2 rings (SSSR count). The van der Waals surface area contributed by atoms with Crippen molar-refractivity contribution in [1.29, 1.82) is 0 Å². The Labute approximate surface area is 159 Å². The van der Waals surface area contributed by atoms with Gasteiger partial charge in [0.05, 0.1) is 12.0 Å². The van der Waals surface area contributed by atoms with Crippen LogP contribution >= 0.6 is 0 Å². The molecule has 1 saturated heterocycles. The molecule has 0 radical (unpaired) electrons. The van der Waals surface area contributed by atoms with E-state index in [0.717, 1.165) is 0 Å². The molecular formula is C18H26N2O6S. The normalized spacial score (nSPS) is 16.1. The summed E-state index contributed by atoms with van der Waals surface area (Å²) in [7, 11) is -2.12. The first kappa shape index (κ1) is 21.2. The second kappa shape index (κ2) is 9.18. The third kappa shape index (κ3) is 5.20. The summed E-state index contributed by atoms with van der Waals surface area (Å²) in [5.74, 6) is -1.03. The average molecular weight is 398 g/mol. The van der Waals surface area contributed by atoms with Crippen LogP contribution in [0.2, 0.25) is 0 Å². The maximum Gasteiger partial charge on any atom is 0.323 e. The van der Waals surface area contributed by atoms with Crippen molar-refractivity contribution in [3.05, 3.63) is 24.3 Å². The number of aliphatic carboxylic acids is 1. The van der Waals surface area contributed by atoms with Gasteiger partial charge in [0.15, 0.2) is 0 Å². The summed E-state index contributed by atoms with van der Waals surface area (Å²) < 4.78 is 31.9. The lowest BCUT2D eigenvalue weighted by atomic mass is 9.96. The van der Waals surface area contributed by atoms with Crippen molar-refractivity contribution in [2.45, 2.75) is 31.1 Å². The number of sulfonamides is 1. The van der Waals surface area contributed by atoms with Gasteiger partial charge in [-0.05, 0) is 43.5 Å². The fraction of sp³-hybridized carbons (Fsp3) is 0.556. The molecule has 150 valence electrons. The van der Waals surface area contributed by atoms with Crippen LogP contribution in [0, 0.1) is 5.92 Å². The van der Waals surface area contributed by atoms with E-state index in [2.05, 4.69) is 0 Å². The van der Waals surface area contributed by atoms with Crippen LogP contribution in [0.25, 0.3) is 0 Å². The van der Waals surface area contributed by atoms with Gasteiger partial charge in [0, 0.05) is 25.6 Å². The fourth-order valence-electron chi connectivity index (χ4n) is 3.20. The minimum atomic E-state index is -3.63. The molecule has 1 aliphatic heterocycles. The Morgan fingerprint density at radius 1 is 1.22 bits per heavy atom. The van der Waals surface area contributed by atoms with E-state index < -0.39 is 16.0 Å². The zero-order chi connectivity index (χ0) is 20.0. The van der Waals surface area contributed by atoms with Gasteiger partial charge in [-0.3, -0.25) is 9.59 Å². The molecule has 27 heavy (non-hydrogen) atoms. The summed E-state index contributed by atoms with van der Waals surface area (Å²) in [5, 5.41) is 8.98. The van der Waals surface area contributed by atoms with Crippen LogP contribution in [0.5, 0.6) is 5.75 Å². The molecule has 1 amide bonds. The van der Waals surface area contributed by atoms with Gasteiger partial charge in [0.2, 0.25) is 15.9 Å². The molecule has 0 spiro atoms. The quantitative estimate of drug-likeness (QED) is 0.710. The number of nitrogens with zero attached hydrogens (tertiary/aromatic N) is 2. The average Bonchev–Trinajstić information content (AvgIpc) is 2.67. The predicted molar refractivity (Wildman–Crippen MR) is 99.0 cm³/mol. The van der Waals surface area contributed by atoms with Crippen molar-refractivity contribution >= 4 is 21.9 Å². The Morgan fingerprint density at radius 3 is 2.30 bits per heavy atom. The summed E-state index contributed by atoms with van der Waals surface area (Å²) in [6.07, 6.45) is 1.44. The number of hydrogen-bond donors (Lipinski definition) is 1. The van der Waals surface area contributed by atoms with Crippen molar-refractivity contribution in [3.8, 4) is 5.75 Å². The molecule has 0 bridgehead atoms. The Hall–Kier alpha value is -2.13. The lowest BCUT2D eigenvalue weighted by Crippen LogP contribution is -2.45. The lowest BCUT2D eigenvalue weighted by molar-refractivity contribution is -0.146. The Kier molecular flexibility index (Phi) is 7.20. The number of piperidine rings is 1. The molecule has 1 heterocycles. The number of ether oxygens (including phenoxy) is 1. The number of hydrogen-bond acceptors (Lipinski definition) is 5. The van der Waals surface area contributed by atoms with Crippen molar-refractivity contribution < 1.29 is 27.9 Å². The number of benzene rings is 1. The highest BCUT2D eigenvalue weighted by atomic mass is 32.2. The minimum absolute atomic E-state index is 0.187. The standard InChI is InChI=1S/C18H26N2O6S/c1-3-10-19(13-17(21)22)18(23)14-8-11-20(12-9-14)27(24,25)16-6-4-15(26-2)5-7-16/h4-7,14H,3,8-13H2,1-2H3,(H,21,22). The molecule has 9 heteroatoms. The van der Waals surface area contributed by atoms with Gasteiger partial charge >= 0.3 is 5.97 Å². The van der Waals surface area contributed by atoms with Gasteiger partial charge in [-0.1, -0.05) is 6.92 Å². The van der Waals surface area contributed by atoms with Gasteiger partial charge < -0.3 is 14.7 Å². The van der Waals surface area contributed by atoms with Crippen LogP contribution in [-0.2, 0) is 19.6 Å². The van der Waals surface area contributed by atoms with Crippen molar-refractivity contribution in [1.82, 2.24) is 9.21 Å². The Bertz CT molecular complexity index is 755. The summed E-state index contributed by atoms with van der Waals surface area (Å²) in [6, 6.07) is 6.19. The van der Waals surface area contributed by atoms with Crippen LogP contribution in [0.1, 0.15) is 26.2 Å². The van der Waals surface area contributed by atoms with Crippen LogP contribution in [-0.4, -0.2) is 67.9 Å². The van der Waals surface area contributed by atoms with Crippen LogP contribution in [0.15, 0.2) is 29.2 Å². The molecule has 0 aromatic heterocycles. The first-order valence-corrected chi connectivity index (χ1v) is 10.4. The zero-order valence-electron chi connectivity index (χ0n) is 15.6. The van der Waals surface area contributed by atoms with E-state index in [1.807, 2.05) is 6.92 Å². The monoisotopic (exact) mass is 398 g/mol. The van der Waals surface area contributed by atoms with E-state index in [1.165, 1.54) is 28.4 Å². The van der Waals surface area contributed by atoms with Gasteiger partial charge in [-0.25, -0.2) is 8.42 Å². The smallest absolute Gasteiger partial charge is 0.323 e. The molecule has 1 aliphatic rings. The van der Waals surface area contributed by atoms with E-state index in [0.29, 0.717) is 31.6 Å². The molecule has 0 aliphatic carbocycles. The molecule has 1 aromatic carbocycles. The number of carboxylic acids is 1. The topological polar surface area (TPSA) is 104 Å². The molecular weight excluding hydrogens is 372 g/mol. The number of carbonyl (C=O) groups excluding carboxylic acids is 1. The zero-order valence-corrected chi connectivity index (χ0v) is 16.4. The van der Waals surface area contributed by atoms with Crippen LogP contribution < -0.4 is 4.74 Å². The number of carboxylic acid groups (broad SMARTS) is 1. The number of amides is 1. The van der Waals surface area contributed by atoms with E-state index in [4.69, 9.17) is 9.84 Å². The van der Waals surface area contributed by atoms with Crippen LogP contribution in [0.3, 0.4) is 0 Å². The SMILES string of the molecule is CCCN(CC(=O)O)C(=O)C1CCN(S(=O)(=O)c2ccc(OC)cc2)CC1. The molecule has 1 aromatic rings. The highest BCUT2D eigenvalue weighted by molar-refractivity contribution is 7.89. The second-order valence-electron chi connectivity index (χ2n) is 6.51. The van der Waals surface area contributed by atoms with E-state index in [1.54, 1.807) is 12.1 Å². The lowest BCUT2D eigenvalue weighted by Gasteiger charge is -2.33. The highest BCUT2D eigenvalue weighted by Gasteiger charge is 2.34. The van der Waals surface area contributed by atoms with Crippen molar-refractivity contribution in [2.75, 3.05) is 33.3 Å². The van der Waals surface area contributed by atoms with Gasteiger partial charge in [-0.2, -0.15) is 4.31 Å². The number of carbonyl (C=O) groups is 2. The largest absolute Gasteiger partial charge is 0.497 e. The van der Waals surface area contributed by atoms with E-state index in [9.17, 15) is 18.0 Å². The first-order chi connectivity index (χ1) is 12.8. The van der Waals surface area contributed by atoms with Gasteiger partial charge in [0.1, 0.15) is 12.3 Å². The maximum atomic E-state index is 12.8. The predicted octanol–water partition coefficient (Wildman–Crippen LogP) is 1.42. The maximum absolute atomic E-state index is 12.8. The third-order valence-electron chi connectivity index (χ3n) is 4.63. The van der Waals surface area contributed by atoms with Crippen molar-refractivity contribution in [3.63, 3.8) is 0 Å². The van der Waals surface area contributed by atoms with E-state index >= 15 is 0 Å². The Morgan fingerprint density at radius 2 is 1.81 bits per heavy atom. The molecule has 0 atom stereocenters. The molecule has 8 nitrogen and oxygen atoms in total.